The summed E-state index contributed by atoms with van der Waals surface area (Å²) < 4.78 is 27.9. The average Bonchev–Trinajstić information content (AvgIpc) is 3.16. The summed E-state index contributed by atoms with van der Waals surface area (Å²) in [7, 11) is 1.39. The summed E-state index contributed by atoms with van der Waals surface area (Å²) in [6.07, 6.45) is 1.26. The second-order valence-electron chi connectivity index (χ2n) is 6.00. The fourth-order valence-electron chi connectivity index (χ4n) is 2.66. The summed E-state index contributed by atoms with van der Waals surface area (Å²) in [5.74, 6) is -4.53. The molecule has 3 amide bonds. The molecule has 0 spiro atoms. The number of rotatable bonds is 5. The quantitative estimate of drug-likeness (QED) is 0.535. The Hall–Kier alpha value is -3.79. The minimum atomic E-state index is -1.20. The van der Waals surface area contributed by atoms with E-state index in [1.54, 1.807) is 0 Å². The third-order valence-corrected chi connectivity index (χ3v) is 4.41. The Morgan fingerprint density at radius 3 is 2.30 bits per heavy atom. The summed E-state index contributed by atoms with van der Waals surface area (Å²) in [5.41, 5.74) is 5.66. The van der Waals surface area contributed by atoms with Gasteiger partial charge in [0.05, 0.1) is 10.6 Å². The minimum absolute atomic E-state index is 0.111. The maximum Gasteiger partial charge on any atom is 0.272 e. The molecule has 0 fully saturated rings. The molecule has 154 valence electrons. The fraction of sp³-hybridized carbons (Fsp3) is 0.0526. The second kappa shape index (κ2) is 8.29. The van der Waals surface area contributed by atoms with Crippen molar-refractivity contribution in [3.63, 3.8) is 0 Å². The number of primary amides is 1. The van der Waals surface area contributed by atoms with E-state index in [0.29, 0.717) is 23.5 Å². The van der Waals surface area contributed by atoms with Crippen molar-refractivity contribution >= 4 is 35.0 Å². The summed E-state index contributed by atoms with van der Waals surface area (Å²) >= 11 is 5.80. The van der Waals surface area contributed by atoms with Crippen molar-refractivity contribution in [3.8, 4) is 5.69 Å². The van der Waals surface area contributed by atoms with Gasteiger partial charge in [0.1, 0.15) is 12.0 Å². The number of anilines is 1. The number of benzene rings is 2. The van der Waals surface area contributed by atoms with E-state index in [1.807, 2.05) is 0 Å². The van der Waals surface area contributed by atoms with Gasteiger partial charge in [-0.1, -0.05) is 11.6 Å². The number of carbonyl (C=O) groups is 3. The highest BCUT2D eigenvalue weighted by Gasteiger charge is 2.22. The number of nitrogens with one attached hydrogen (secondary N) is 2. The first kappa shape index (κ1) is 20.9. The Bertz CT molecular complexity index is 1160. The zero-order valence-corrected chi connectivity index (χ0v) is 16.1. The van der Waals surface area contributed by atoms with Gasteiger partial charge in [-0.25, -0.2) is 13.8 Å². The lowest BCUT2D eigenvalue weighted by atomic mass is 10.2. The lowest BCUT2D eigenvalue weighted by Gasteiger charge is -2.10. The van der Waals surface area contributed by atoms with E-state index >= 15 is 0 Å². The SMILES string of the molecule is CNC(=O)c1ncn(-c2ccc(NC(=O)c3cc(F)c(F)cc3Cl)cc2)c1C(N)=O. The fourth-order valence-corrected chi connectivity index (χ4v) is 2.90. The van der Waals surface area contributed by atoms with Crippen LogP contribution >= 0.6 is 11.6 Å². The number of amides is 3. The van der Waals surface area contributed by atoms with E-state index < -0.39 is 29.4 Å². The molecule has 0 saturated heterocycles. The number of aromatic nitrogens is 2. The first-order chi connectivity index (χ1) is 14.2. The van der Waals surface area contributed by atoms with E-state index in [9.17, 15) is 23.2 Å². The topological polar surface area (TPSA) is 119 Å². The third kappa shape index (κ3) is 3.98. The first-order valence-corrected chi connectivity index (χ1v) is 8.76. The van der Waals surface area contributed by atoms with Crippen LogP contribution in [-0.2, 0) is 0 Å². The van der Waals surface area contributed by atoms with Crippen LogP contribution in [0, 0.1) is 11.6 Å². The molecule has 8 nitrogen and oxygen atoms in total. The number of nitrogens with zero attached hydrogens (tertiary/aromatic N) is 2. The molecule has 0 aliphatic carbocycles. The highest BCUT2D eigenvalue weighted by molar-refractivity contribution is 6.34. The predicted octanol–water partition coefficient (Wildman–Crippen LogP) is 2.51. The van der Waals surface area contributed by atoms with Crippen molar-refractivity contribution in [1.82, 2.24) is 14.9 Å². The largest absolute Gasteiger partial charge is 0.364 e. The molecule has 3 rings (SSSR count). The second-order valence-corrected chi connectivity index (χ2v) is 6.41. The Morgan fingerprint density at radius 2 is 1.70 bits per heavy atom. The Labute approximate surface area is 173 Å². The molecule has 2 aromatic carbocycles. The standard InChI is InChI=1S/C19H14ClF2N5O3/c1-24-19(30)15-16(17(23)28)27(8-25-15)10-4-2-9(3-5-10)26-18(29)11-6-13(21)14(22)7-12(11)20/h2-8H,1H3,(H2,23,28)(H,24,30)(H,26,29). The van der Waals surface area contributed by atoms with Crippen LogP contribution < -0.4 is 16.4 Å². The molecule has 0 unspecified atom stereocenters. The zero-order chi connectivity index (χ0) is 22.0. The van der Waals surface area contributed by atoms with E-state index in [4.69, 9.17) is 17.3 Å². The summed E-state index contributed by atoms with van der Waals surface area (Å²) in [6.45, 7) is 0. The van der Waals surface area contributed by atoms with Crippen LogP contribution in [-0.4, -0.2) is 34.3 Å². The monoisotopic (exact) mass is 433 g/mol. The van der Waals surface area contributed by atoms with Crippen molar-refractivity contribution in [2.75, 3.05) is 12.4 Å². The van der Waals surface area contributed by atoms with Crippen molar-refractivity contribution in [1.29, 1.82) is 0 Å². The smallest absolute Gasteiger partial charge is 0.272 e. The molecule has 4 N–H and O–H groups in total. The molecule has 0 saturated carbocycles. The number of hydrogen-bond donors (Lipinski definition) is 3. The van der Waals surface area contributed by atoms with Gasteiger partial charge in [-0.2, -0.15) is 0 Å². The van der Waals surface area contributed by atoms with Gasteiger partial charge in [0.15, 0.2) is 17.3 Å². The molecule has 0 radical (unpaired) electrons. The minimum Gasteiger partial charge on any atom is -0.364 e. The van der Waals surface area contributed by atoms with Gasteiger partial charge in [0, 0.05) is 18.4 Å². The van der Waals surface area contributed by atoms with E-state index in [1.165, 1.54) is 42.2 Å². The van der Waals surface area contributed by atoms with Crippen LogP contribution in [0.15, 0.2) is 42.7 Å². The van der Waals surface area contributed by atoms with Crippen molar-refractivity contribution in [2.45, 2.75) is 0 Å². The summed E-state index contributed by atoms with van der Waals surface area (Å²) in [5, 5.41) is 4.63. The molecular weight excluding hydrogens is 420 g/mol. The highest BCUT2D eigenvalue weighted by Crippen LogP contribution is 2.22. The van der Waals surface area contributed by atoms with Crippen LogP contribution in [0.25, 0.3) is 5.69 Å². The Kier molecular flexibility index (Phi) is 5.79. The molecular formula is C19H14ClF2N5O3. The Balaban J connectivity index is 1.87. The molecule has 0 atom stereocenters. The summed E-state index contributed by atoms with van der Waals surface area (Å²) in [6, 6.07) is 7.46. The van der Waals surface area contributed by atoms with E-state index in [0.717, 1.165) is 0 Å². The van der Waals surface area contributed by atoms with Crippen LogP contribution in [0.1, 0.15) is 31.3 Å². The maximum atomic E-state index is 13.4. The van der Waals surface area contributed by atoms with Crippen LogP contribution in [0.5, 0.6) is 0 Å². The lowest BCUT2D eigenvalue weighted by molar-refractivity contribution is 0.0937. The van der Waals surface area contributed by atoms with Gasteiger partial charge in [-0.15, -0.1) is 0 Å². The molecule has 0 bridgehead atoms. The van der Waals surface area contributed by atoms with Crippen molar-refractivity contribution in [3.05, 3.63) is 76.3 Å². The summed E-state index contributed by atoms with van der Waals surface area (Å²) in [4.78, 5) is 39.9. The van der Waals surface area contributed by atoms with Crippen LogP contribution in [0.2, 0.25) is 5.02 Å². The number of halogens is 3. The molecule has 0 aliphatic rings. The molecule has 1 aromatic heterocycles. The zero-order valence-electron chi connectivity index (χ0n) is 15.4. The first-order valence-electron chi connectivity index (χ1n) is 8.38. The number of nitrogens with two attached hydrogens (primary N) is 1. The number of carbonyl (C=O) groups excluding carboxylic acids is 3. The number of hydrogen-bond acceptors (Lipinski definition) is 4. The van der Waals surface area contributed by atoms with Gasteiger partial charge < -0.3 is 16.4 Å². The van der Waals surface area contributed by atoms with E-state index in [2.05, 4.69) is 15.6 Å². The van der Waals surface area contributed by atoms with Crippen molar-refractivity contribution in [2.24, 2.45) is 5.73 Å². The van der Waals surface area contributed by atoms with Crippen LogP contribution in [0.4, 0.5) is 14.5 Å². The van der Waals surface area contributed by atoms with Crippen LogP contribution in [0.3, 0.4) is 0 Å². The average molecular weight is 434 g/mol. The normalized spacial score (nSPS) is 10.5. The molecule has 3 aromatic rings. The van der Waals surface area contributed by atoms with E-state index in [-0.39, 0.29) is 22.0 Å². The lowest BCUT2D eigenvalue weighted by Crippen LogP contribution is -2.25. The van der Waals surface area contributed by atoms with Crippen molar-refractivity contribution < 1.29 is 23.2 Å². The van der Waals surface area contributed by atoms with Gasteiger partial charge >= 0.3 is 0 Å². The van der Waals surface area contributed by atoms with Gasteiger partial charge in [0.2, 0.25) is 0 Å². The molecule has 1 heterocycles. The predicted molar refractivity (Wildman–Crippen MR) is 105 cm³/mol. The molecule has 30 heavy (non-hydrogen) atoms. The maximum absolute atomic E-state index is 13.4. The number of imidazole rings is 1. The molecule has 11 heteroatoms. The highest BCUT2D eigenvalue weighted by atomic mass is 35.5. The third-order valence-electron chi connectivity index (χ3n) is 4.10. The van der Waals surface area contributed by atoms with Gasteiger partial charge in [-0.05, 0) is 36.4 Å². The molecule has 0 aliphatic heterocycles. The van der Waals surface area contributed by atoms with Gasteiger partial charge in [-0.3, -0.25) is 19.0 Å². The van der Waals surface area contributed by atoms with Gasteiger partial charge in [0.25, 0.3) is 17.7 Å². The Morgan fingerprint density at radius 1 is 1.07 bits per heavy atom.